The molecule has 4 heterocycles. The van der Waals surface area contributed by atoms with E-state index in [1.54, 1.807) is 72.8 Å². The van der Waals surface area contributed by atoms with E-state index < -0.39 is 108 Å². The van der Waals surface area contributed by atoms with Crippen LogP contribution in [0.4, 0.5) is 35.1 Å². The van der Waals surface area contributed by atoms with Crippen LogP contribution in [0.5, 0.6) is 0 Å². The molecule has 0 bridgehead atoms. The van der Waals surface area contributed by atoms with Gasteiger partial charge < -0.3 is 46.6 Å². The maximum Gasteiger partial charge on any atom is 0.253 e. The number of hydrogen-bond donors (Lipinski definition) is 8. The van der Waals surface area contributed by atoms with Crippen molar-refractivity contribution in [3.63, 3.8) is 0 Å². The number of alkyl halides is 8. The van der Waals surface area contributed by atoms with Crippen LogP contribution in [-0.4, -0.2) is 173 Å². The largest absolute Gasteiger partial charge is 0.388 e. The second kappa shape index (κ2) is 35.8. The SMILES string of the molecule is CN(C)C1CCC(c2ccc3c(C(=O)NCC4(O)CCC(F)(F)CC4)c(Cl)ccc3n2)C1.O=C(NCC1(O)CCC(F)(F)CC1)c1c(Cl)ccc2nc(Cl)ccc12.O=C1C=C(c2ccc3c(C(=O)NCC4(O)CCC(F)(F)CC4)c(Cl)ccc3n2)CC1.O=C1CCC(c2ccc3c(C(=O)NCC4(O)CCC(F)(F)CC4)c(Cl)ccc3n2)C1. The number of aliphatic hydroxyl groups is 4. The molecule has 8 N–H and O–H groups in total. The molecule has 15 rings (SSSR count). The average molecular weight is 1730 g/mol. The lowest BCUT2D eigenvalue weighted by atomic mass is 9.82. The number of allylic oxidation sites excluding steroid dienone is 2. The highest BCUT2D eigenvalue weighted by Crippen LogP contribution is 2.45. The van der Waals surface area contributed by atoms with E-state index in [2.05, 4.69) is 55.2 Å². The molecule has 0 radical (unpaired) electrons. The number of pyridine rings is 4. The van der Waals surface area contributed by atoms with Crippen LogP contribution in [-0.2, 0) is 9.59 Å². The Bertz CT molecular complexity index is 5140. The molecule has 117 heavy (non-hydrogen) atoms. The molecule has 0 aliphatic heterocycles. The Balaban J connectivity index is 0.000000144. The second-order valence-corrected chi connectivity index (χ2v) is 34.6. The summed E-state index contributed by atoms with van der Waals surface area (Å²) < 4.78 is 107. The Morgan fingerprint density at radius 3 is 1.06 bits per heavy atom. The van der Waals surface area contributed by atoms with Crippen molar-refractivity contribution in [3.8, 4) is 0 Å². The fourth-order valence-electron chi connectivity index (χ4n) is 16.2. The summed E-state index contributed by atoms with van der Waals surface area (Å²) in [4.78, 5) is 94.7. The molecule has 7 aliphatic rings. The number of fused-ring (bicyclic) bond motifs is 4. The monoisotopic (exact) mass is 1720 g/mol. The Morgan fingerprint density at radius 2 is 0.735 bits per heavy atom. The zero-order valence-electron chi connectivity index (χ0n) is 64.2. The van der Waals surface area contributed by atoms with Crippen LogP contribution in [0.2, 0.25) is 25.2 Å². The van der Waals surface area contributed by atoms with Crippen LogP contribution in [0.3, 0.4) is 0 Å². The number of ketones is 2. The molecule has 0 spiro atoms. The first-order valence-corrected chi connectivity index (χ1v) is 40.9. The molecule has 7 aliphatic carbocycles. The first kappa shape index (κ1) is 88.5. The molecule has 19 nitrogen and oxygen atoms in total. The molecule has 4 aromatic heterocycles. The quantitative estimate of drug-likeness (QED) is 0.0330. The Hall–Kier alpha value is -7.83. The fourth-order valence-corrected chi connectivity index (χ4v) is 17.4. The molecule has 3 unspecified atom stereocenters. The molecule has 3 atom stereocenters. The number of carbonyl (C=O) groups excluding carboxylic acids is 6. The molecule has 8 aromatic rings. The first-order valence-electron chi connectivity index (χ1n) is 39.1. The summed E-state index contributed by atoms with van der Waals surface area (Å²) in [6, 6.07) is 27.9. The van der Waals surface area contributed by atoms with Crippen molar-refractivity contribution in [2.45, 2.75) is 218 Å². The summed E-state index contributed by atoms with van der Waals surface area (Å²) in [6.07, 6.45) is 4.10. The molecule has 6 saturated carbocycles. The molecular formula is C85H90Cl5F8N9O10. The first-order chi connectivity index (χ1) is 55.1. The van der Waals surface area contributed by atoms with Gasteiger partial charge in [0.2, 0.25) is 23.7 Å². The third-order valence-electron chi connectivity index (χ3n) is 23.7. The zero-order chi connectivity index (χ0) is 84.4. The smallest absolute Gasteiger partial charge is 0.253 e. The second-order valence-electron chi connectivity index (χ2n) is 32.6. The number of Topliss-reactive ketones (excluding diaryl/α,β-unsaturated/α-hetero) is 1. The van der Waals surface area contributed by atoms with Gasteiger partial charge in [-0.05, 0) is 194 Å². The number of amides is 4. The standard InChI is InChI=1S/C24H30ClF2N3O2.C22H23ClF2N2O3.C22H21ClF2N2O3.C17H16Cl2F2N2O2/c1-30(2)16-4-3-15(13-16)19-7-5-17-20(29-19)8-6-18(25)21(17)22(31)28-14-23(32)9-11-24(26,27)12-10-23;2*23-16-4-6-18-15(3-5-17(27-18)13-1-2-14(28)11-13)19(16)20(29)26-12-21(30)7-9-22(24,25)10-8-21;18-11-2-3-12-10(1-4-13(19)23-12)14(11)15(24)22-9-16(25)5-7-17(20,21)8-6-16/h5-8,15-16,32H,3-4,9-14H2,1-2H3,(H,28,31);3-6,13,30H,1-2,7-12H2,(H,26,29);3-6,11,30H,1-2,7-10,12H2,(H,26,29);1-4,25H,5-9H2,(H,22,24). The van der Waals surface area contributed by atoms with E-state index in [0.717, 1.165) is 42.6 Å². The van der Waals surface area contributed by atoms with Crippen molar-refractivity contribution in [1.82, 2.24) is 46.1 Å². The minimum absolute atomic E-state index is 0.0518. The fraction of sp³-hybridized carbons (Fsp3) is 0.482. The van der Waals surface area contributed by atoms with Crippen molar-refractivity contribution >= 4 is 142 Å². The van der Waals surface area contributed by atoms with Crippen LogP contribution in [0.25, 0.3) is 49.2 Å². The Kier molecular flexibility index (Phi) is 27.1. The third kappa shape index (κ3) is 22.0. The van der Waals surface area contributed by atoms with Crippen molar-refractivity contribution < 1.29 is 84.3 Å². The Morgan fingerprint density at radius 1 is 0.402 bits per heavy atom. The van der Waals surface area contributed by atoms with Gasteiger partial charge in [-0.15, -0.1) is 0 Å². The van der Waals surface area contributed by atoms with Crippen molar-refractivity contribution in [2.75, 3.05) is 40.3 Å². The highest BCUT2D eigenvalue weighted by atomic mass is 35.5. The van der Waals surface area contributed by atoms with E-state index in [-0.39, 0.29) is 140 Å². The van der Waals surface area contributed by atoms with E-state index in [0.29, 0.717) is 103 Å². The highest BCUT2D eigenvalue weighted by Gasteiger charge is 2.47. The van der Waals surface area contributed by atoms with E-state index in [1.807, 2.05) is 24.3 Å². The van der Waals surface area contributed by atoms with Crippen molar-refractivity contribution in [2.24, 2.45) is 0 Å². The number of benzene rings is 4. The highest BCUT2D eigenvalue weighted by molar-refractivity contribution is 6.37. The number of nitrogens with one attached hydrogen (secondary N) is 4. The number of halogens is 13. The molecule has 6 fully saturated rings. The number of carbonyl (C=O) groups is 6. The van der Waals surface area contributed by atoms with Gasteiger partial charge >= 0.3 is 0 Å². The maximum atomic E-state index is 13.4. The van der Waals surface area contributed by atoms with Gasteiger partial charge in [0.1, 0.15) is 10.9 Å². The number of nitrogens with zero attached hydrogens (tertiary/aromatic N) is 5. The van der Waals surface area contributed by atoms with Gasteiger partial charge in [-0.1, -0.05) is 70.1 Å². The normalized spacial score (nSPS) is 21.9. The van der Waals surface area contributed by atoms with Gasteiger partial charge in [-0.25, -0.2) is 45.1 Å². The predicted octanol–water partition coefficient (Wildman–Crippen LogP) is 17.7. The predicted molar refractivity (Wildman–Crippen MR) is 433 cm³/mol. The van der Waals surface area contributed by atoms with Crippen LogP contribution in [0, 0.1) is 0 Å². The summed E-state index contributed by atoms with van der Waals surface area (Å²) in [7, 11) is 4.20. The van der Waals surface area contributed by atoms with Gasteiger partial charge in [0.05, 0.1) is 92.5 Å². The number of rotatable bonds is 16. The van der Waals surface area contributed by atoms with E-state index in [1.165, 1.54) is 6.07 Å². The van der Waals surface area contributed by atoms with E-state index in [4.69, 9.17) is 63.0 Å². The van der Waals surface area contributed by atoms with Crippen LogP contribution < -0.4 is 21.3 Å². The third-order valence-corrected chi connectivity index (χ3v) is 25.2. The molecule has 0 saturated heterocycles. The minimum atomic E-state index is -2.77. The molecular weight excluding hydrogens is 1640 g/mol. The van der Waals surface area contributed by atoms with E-state index in [9.17, 15) is 84.3 Å². The average Bonchev–Trinajstić information content (AvgIpc) is 1.72. The maximum absolute atomic E-state index is 13.4. The molecule has 32 heteroatoms. The topological polar surface area (TPSA) is 286 Å². The van der Waals surface area contributed by atoms with Gasteiger partial charge in [-0.3, -0.25) is 38.7 Å². The molecule has 4 aromatic carbocycles. The van der Waals surface area contributed by atoms with Gasteiger partial charge in [0.25, 0.3) is 23.6 Å². The van der Waals surface area contributed by atoms with E-state index >= 15 is 0 Å². The van der Waals surface area contributed by atoms with Gasteiger partial charge in [0.15, 0.2) is 5.78 Å². The van der Waals surface area contributed by atoms with Crippen LogP contribution in [0.1, 0.15) is 224 Å². The summed E-state index contributed by atoms with van der Waals surface area (Å²) in [5.74, 6) is -12.2. The summed E-state index contributed by atoms with van der Waals surface area (Å²) in [6.45, 7) is -0.455. The lowest BCUT2D eigenvalue weighted by molar-refractivity contribution is -0.117. The number of aromatic nitrogens is 4. The summed E-state index contributed by atoms with van der Waals surface area (Å²) in [5.41, 5.74) is 1.33. The lowest BCUT2D eigenvalue weighted by Gasteiger charge is -2.35. The minimum Gasteiger partial charge on any atom is -0.388 e. The van der Waals surface area contributed by atoms with Gasteiger partial charge in [0, 0.05) is 148 Å². The number of hydrogen-bond acceptors (Lipinski definition) is 15. The van der Waals surface area contributed by atoms with Gasteiger partial charge in [-0.2, -0.15) is 0 Å². The molecule has 4 amide bonds. The summed E-state index contributed by atoms with van der Waals surface area (Å²) in [5, 5.41) is 56.2. The molecule has 626 valence electrons. The lowest BCUT2D eigenvalue weighted by Crippen LogP contribution is -2.47. The van der Waals surface area contributed by atoms with Crippen LogP contribution >= 0.6 is 58.0 Å². The Labute approximate surface area is 694 Å². The zero-order valence-corrected chi connectivity index (χ0v) is 68.0. The van der Waals surface area contributed by atoms with Crippen LogP contribution in [0.15, 0.2) is 103 Å². The summed E-state index contributed by atoms with van der Waals surface area (Å²) >= 11 is 30.9. The van der Waals surface area contributed by atoms with Crippen molar-refractivity contribution in [1.29, 1.82) is 0 Å². The van der Waals surface area contributed by atoms with Crippen molar-refractivity contribution in [3.05, 3.63) is 168 Å².